The highest BCUT2D eigenvalue weighted by Gasteiger charge is 2.26. The molecule has 2 aromatic rings. The van der Waals surface area contributed by atoms with Crippen molar-refractivity contribution >= 4 is 28.2 Å². The third kappa shape index (κ3) is 3.53. The monoisotopic (exact) mass is 345 g/mol. The van der Waals surface area contributed by atoms with Crippen LogP contribution in [0.1, 0.15) is 19.8 Å². The topological polar surface area (TPSA) is 98.2 Å². The maximum Gasteiger partial charge on any atom is 0.417 e. The standard InChI is InChI=1S/C17H19N3O5/c1-2-5-14(19-8-10-24-11-9-19)18-15-12-6-3-4-7-13(12)25-17(21)16(15)20(22)23/h3-4,6-7H,2,5,8-11H2,1H3. The summed E-state index contributed by atoms with van der Waals surface area (Å²) in [5.74, 6) is 0.727. The molecule has 0 atom stereocenters. The van der Waals surface area contributed by atoms with E-state index in [-0.39, 0.29) is 11.3 Å². The molecular weight excluding hydrogens is 326 g/mol. The van der Waals surface area contributed by atoms with Crippen LogP contribution in [-0.4, -0.2) is 42.0 Å². The highest BCUT2D eigenvalue weighted by Crippen LogP contribution is 2.33. The number of fused-ring (bicyclic) bond motifs is 1. The lowest BCUT2D eigenvalue weighted by atomic mass is 10.2. The molecule has 8 nitrogen and oxygen atoms in total. The number of benzene rings is 1. The maximum absolute atomic E-state index is 12.1. The minimum absolute atomic E-state index is 0.0618. The third-order valence-corrected chi connectivity index (χ3v) is 4.04. The summed E-state index contributed by atoms with van der Waals surface area (Å²) in [6.07, 6.45) is 1.50. The highest BCUT2D eigenvalue weighted by atomic mass is 16.6. The van der Waals surface area contributed by atoms with Crippen LogP contribution in [0.2, 0.25) is 0 Å². The zero-order valence-corrected chi connectivity index (χ0v) is 13.9. The van der Waals surface area contributed by atoms with Crippen molar-refractivity contribution in [2.24, 2.45) is 4.99 Å². The van der Waals surface area contributed by atoms with Gasteiger partial charge in [-0.05, 0) is 18.6 Å². The number of rotatable bonds is 4. The summed E-state index contributed by atoms with van der Waals surface area (Å²) < 4.78 is 10.4. The molecule has 3 rings (SSSR count). The number of nitro groups is 1. The summed E-state index contributed by atoms with van der Waals surface area (Å²) in [5.41, 5.74) is -1.26. The number of nitrogens with zero attached hydrogens (tertiary/aromatic N) is 3. The molecule has 0 radical (unpaired) electrons. The van der Waals surface area contributed by atoms with Gasteiger partial charge in [-0.2, -0.15) is 0 Å². The molecule has 132 valence electrons. The van der Waals surface area contributed by atoms with Crippen LogP contribution in [0.4, 0.5) is 11.4 Å². The molecule has 0 unspecified atom stereocenters. The first-order valence-electron chi connectivity index (χ1n) is 8.22. The van der Waals surface area contributed by atoms with Gasteiger partial charge in [-0.25, -0.2) is 9.79 Å². The predicted molar refractivity (Wildman–Crippen MR) is 93.5 cm³/mol. The summed E-state index contributed by atoms with van der Waals surface area (Å²) in [4.78, 5) is 29.4. The van der Waals surface area contributed by atoms with Gasteiger partial charge >= 0.3 is 11.3 Å². The lowest BCUT2D eigenvalue weighted by Crippen LogP contribution is -2.40. The fourth-order valence-electron chi connectivity index (χ4n) is 2.86. The fraction of sp³-hybridized carbons (Fsp3) is 0.412. The smallest absolute Gasteiger partial charge is 0.417 e. The van der Waals surface area contributed by atoms with Gasteiger partial charge in [-0.15, -0.1) is 0 Å². The van der Waals surface area contributed by atoms with Gasteiger partial charge in [-0.3, -0.25) is 10.1 Å². The van der Waals surface area contributed by atoms with Crippen molar-refractivity contribution in [3.63, 3.8) is 0 Å². The molecular formula is C17H19N3O5. The minimum Gasteiger partial charge on any atom is -0.418 e. The van der Waals surface area contributed by atoms with Crippen LogP contribution in [0.25, 0.3) is 11.0 Å². The summed E-state index contributed by atoms with van der Waals surface area (Å²) in [6, 6.07) is 6.72. The van der Waals surface area contributed by atoms with Crippen LogP contribution in [0.3, 0.4) is 0 Å². The second kappa shape index (κ2) is 7.43. The van der Waals surface area contributed by atoms with E-state index in [1.54, 1.807) is 24.3 Å². The van der Waals surface area contributed by atoms with E-state index in [0.717, 1.165) is 12.3 Å². The van der Waals surface area contributed by atoms with Crippen molar-refractivity contribution < 1.29 is 14.1 Å². The molecule has 0 amide bonds. The Hall–Kier alpha value is -2.74. The first kappa shape index (κ1) is 17.1. The van der Waals surface area contributed by atoms with Gasteiger partial charge in [0.15, 0.2) is 5.69 Å². The Balaban J connectivity index is 2.21. The number of amidine groups is 1. The van der Waals surface area contributed by atoms with E-state index in [1.807, 2.05) is 6.92 Å². The van der Waals surface area contributed by atoms with E-state index in [0.29, 0.717) is 38.1 Å². The molecule has 25 heavy (non-hydrogen) atoms. The zero-order chi connectivity index (χ0) is 17.8. The summed E-state index contributed by atoms with van der Waals surface area (Å²) in [5, 5.41) is 11.9. The quantitative estimate of drug-likeness (QED) is 0.278. The molecule has 1 aliphatic heterocycles. The second-order valence-electron chi connectivity index (χ2n) is 5.72. The van der Waals surface area contributed by atoms with E-state index in [9.17, 15) is 14.9 Å². The third-order valence-electron chi connectivity index (χ3n) is 4.04. The van der Waals surface area contributed by atoms with Gasteiger partial charge in [-0.1, -0.05) is 19.1 Å². The Morgan fingerprint density at radius 1 is 1.32 bits per heavy atom. The SMILES string of the molecule is CCCC(=Nc1c([N+](=O)[O-])c(=O)oc2ccccc12)N1CCOCC1. The lowest BCUT2D eigenvalue weighted by molar-refractivity contribution is -0.386. The molecule has 0 N–H and O–H groups in total. The molecule has 1 aromatic heterocycles. The number of hydrogen-bond acceptors (Lipinski definition) is 6. The Morgan fingerprint density at radius 3 is 2.72 bits per heavy atom. The van der Waals surface area contributed by atoms with Gasteiger partial charge in [0.1, 0.15) is 11.4 Å². The fourth-order valence-corrected chi connectivity index (χ4v) is 2.86. The van der Waals surface area contributed by atoms with Crippen LogP contribution < -0.4 is 5.63 Å². The molecule has 1 saturated heterocycles. The van der Waals surface area contributed by atoms with Crippen molar-refractivity contribution in [3.8, 4) is 0 Å². The maximum atomic E-state index is 12.1. The Bertz CT molecular complexity index is 868. The molecule has 1 aromatic carbocycles. The second-order valence-corrected chi connectivity index (χ2v) is 5.72. The van der Waals surface area contributed by atoms with Crippen molar-refractivity contribution in [2.75, 3.05) is 26.3 Å². The Kier molecular flexibility index (Phi) is 5.08. The molecule has 0 aliphatic carbocycles. The number of hydrogen-bond donors (Lipinski definition) is 0. The normalized spacial score (nSPS) is 15.6. The number of ether oxygens (including phenoxy) is 1. The van der Waals surface area contributed by atoms with E-state index in [2.05, 4.69) is 9.89 Å². The average molecular weight is 345 g/mol. The Labute approximate surface area is 143 Å². The van der Waals surface area contributed by atoms with Crippen molar-refractivity contribution in [1.82, 2.24) is 4.90 Å². The molecule has 0 bridgehead atoms. The van der Waals surface area contributed by atoms with E-state index in [1.165, 1.54) is 0 Å². The summed E-state index contributed by atoms with van der Waals surface area (Å²) in [6.45, 7) is 4.53. The molecule has 0 saturated carbocycles. The van der Waals surface area contributed by atoms with Crippen molar-refractivity contribution in [3.05, 3.63) is 44.8 Å². The molecule has 1 aliphatic rings. The molecule has 8 heteroatoms. The first-order chi connectivity index (χ1) is 12.1. The van der Waals surface area contributed by atoms with Crippen molar-refractivity contribution in [1.29, 1.82) is 0 Å². The molecule has 2 heterocycles. The summed E-state index contributed by atoms with van der Waals surface area (Å²) in [7, 11) is 0. The lowest BCUT2D eigenvalue weighted by Gasteiger charge is -2.29. The van der Waals surface area contributed by atoms with Crippen LogP contribution >= 0.6 is 0 Å². The van der Waals surface area contributed by atoms with Crippen LogP contribution in [0.5, 0.6) is 0 Å². The van der Waals surface area contributed by atoms with Crippen LogP contribution in [0.15, 0.2) is 38.5 Å². The first-order valence-corrected chi connectivity index (χ1v) is 8.22. The minimum atomic E-state index is -0.986. The molecule has 0 spiro atoms. The zero-order valence-electron chi connectivity index (χ0n) is 13.9. The average Bonchev–Trinajstić information content (AvgIpc) is 2.61. The van der Waals surface area contributed by atoms with Crippen LogP contribution in [-0.2, 0) is 4.74 Å². The summed E-state index contributed by atoms with van der Waals surface area (Å²) >= 11 is 0. The predicted octanol–water partition coefficient (Wildman–Crippen LogP) is 2.86. The van der Waals surface area contributed by atoms with Crippen molar-refractivity contribution in [2.45, 2.75) is 19.8 Å². The van der Waals surface area contributed by atoms with E-state index in [4.69, 9.17) is 9.15 Å². The van der Waals surface area contributed by atoms with E-state index >= 15 is 0 Å². The van der Waals surface area contributed by atoms with Gasteiger partial charge in [0.25, 0.3) is 0 Å². The van der Waals surface area contributed by atoms with Crippen LogP contribution in [0, 0.1) is 10.1 Å². The van der Waals surface area contributed by atoms with Gasteiger partial charge in [0, 0.05) is 19.5 Å². The highest BCUT2D eigenvalue weighted by molar-refractivity contribution is 5.97. The number of aliphatic imine (C=N–C) groups is 1. The van der Waals surface area contributed by atoms with Gasteiger partial charge < -0.3 is 14.1 Å². The van der Waals surface area contributed by atoms with E-state index < -0.39 is 16.2 Å². The number of para-hydroxylation sites is 1. The largest absolute Gasteiger partial charge is 0.418 e. The Morgan fingerprint density at radius 2 is 2.04 bits per heavy atom. The number of morpholine rings is 1. The van der Waals surface area contributed by atoms with Gasteiger partial charge in [0.05, 0.1) is 23.5 Å². The van der Waals surface area contributed by atoms with Gasteiger partial charge in [0.2, 0.25) is 0 Å². The molecule has 1 fully saturated rings.